The second kappa shape index (κ2) is 12.6. The summed E-state index contributed by atoms with van der Waals surface area (Å²) in [7, 11) is 0. The number of anilines is 6. The maximum atomic E-state index is 6.28. The number of hydrogen-bond acceptors (Lipinski definition) is 4. The Morgan fingerprint density at radius 2 is 0.750 bits per heavy atom. The van der Waals surface area contributed by atoms with Crippen LogP contribution in [0.4, 0.5) is 34.1 Å². The van der Waals surface area contributed by atoms with Gasteiger partial charge in [0.2, 0.25) is 0 Å². The summed E-state index contributed by atoms with van der Waals surface area (Å²) < 4.78 is 8.88. The summed E-state index contributed by atoms with van der Waals surface area (Å²) in [6, 6.07) is 69.1. The Labute approximate surface area is 305 Å². The van der Waals surface area contributed by atoms with Crippen molar-refractivity contribution in [2.45, 2.75) is 0 Å². The van der Waals surface area contributed by atoms with Crippen LogP contribution in [0.2, 0.25) is 0 Å². The third-order valence-corrected chi connectivity index (χ3v) is 11.0. The van der Waals surface area contributed by atoms with Crippen LogP contribution in [0.15, 0.2) is 199 Å². The number of thiophene rings is 1. The fourth-order valence-corrected chi connectivity index (χ4v) is 8.50. The Morgan fingerprint density at radius 1 is 0.308 bits per heavy atom. The zero-order valence-electron chi connectivity index (χ0n) is 28.2. The largest absolute Gasteiger partial charge is 0.456 e. The first-order valence-corrected chi connectivity index (χ1v) is 18.3. The van der Waals surface area contributed by atoms with Crippen LogP contribution in [0.3, 0.4) is 0 Å². The molecule has 0 saturated carbocycles. The molecule has 246 valence electrons. The number of nitrogens with zero attached hydrogens (tertiary/aromatic N) is 2. The first-order valence-electron chi connectivity index (χ1n) is 17.5. The summed E-state index contributed by atoms with van der Waals surface area (Å²) in [5.41, 5.74) is 10.7. The average Bonchev–Trinajstić information content (AvgIpc) is 3.77. The lowest BCUT2D eigenvalue weighted by molar-refractivity contribution is 0.669. The van der Waals surface area contributed by atoms with Gasteiger partial charge in [-0.25, -0.2) is 0 Å². The molecule has 0 radical (unpaired) electrons. The van der Waals surface area contributed by atoms with Crippen molar-refractivity contribution < 1.29 is 4.42 Å². The summed E-state index contributed by atoms with van der Waals surface area (Å²) in [6.45, 7) is 0. The monoisotopic (exact) mass is 684 g/mol. The number of rotatable bonds is 7. The van der Waals surface area contributed by atoms with Crippen molar-refractivity contribution in [1.82, 2.24) is 0 Å². The highest BCUT2D eigenvalue weighted by Gasteiger charge is 2.17. The highest BCUT2D eigenvalue weighted by atomic mass is 32.1. The van der Waals surface area contributed by atoms with E-state index in [1.54, 1.807) is 0 Å². The molecular weight excluding hydrogens is 653 g/mol. The number of furan rings is 1. The van der Waals surface area contributed by atoms with Gasteiger partial charge in [0, 0.05) is 71.1 Å². The van der Waals surface area contributed by atoms with Crippen LogP contribution in [-0.4, -0.2) is 0 Å². The highest BCUT2D eigenvalue weighted by molar-refractivity contribution is 7.25. The summed E-state index contributed by atoms with van der Waals surface area (Å²) >= 11 is 1.85. The van der Waals surface area contributed by atoms with Crippen LogP contribution < -0.4 is 9.80 Å². The normalized spacial score (nSPS) is 11.5. The standard InChI is InChI=1S/C48H32N2OS/c1-3-11-35(12-4-1)49(39-27-29-42-41-15-7-9-17-45(41)51-46(42)31-39)37-23-19-33(20-24-37)34-21-25-38(26-22-34)50(36-13-5-2-6-14-36)40-28-30-44-43-16-8-10-18-47(43)52-48(44)32-40/h1-32H. The molecule has 3 nitrogen and oxygen atoms in total. The third kappa shape index (κ3) is 5.29. The van der Waals surface area contributed by atoms with Gasteiger partial charge in [-0.15, -0.1) is 11.3 Å². The minimum absolute atomic E-state index is 0.879. The number of para-hydroxylation sites is 3. The number of benzene rings is 8. The van der Waals surface area contributed by atoms with E-state index in [0.717, 1.165) is 61.6 Å². The van der Waals surface area contributed by atoms with Gasteiger partial charge in [0.1, 0.15) is 11.2 Å². The van der Waals surface area contributed by atoms with Gasteiger partial charge in [-0.05, 0) is 96.1 Å². The molecule has 2 heterocycles. The molecule has 0 atom stereocenters. The van der Waals surface area contributed by atoms with E-state index in [1.807, 2.05) is 23.5 Å². The molecule has 10 rings (SSSR count). The van der Waals surface area contributed by atoms with E-state index in [1.165, 1.54) is 25.7 Å². The Kier molecular flexibility index (Phi) is 7.33. The van der Waals surface area contributed by atoms with Crippen LogP contribution in [0, 0.1) is 0 Å². The minimum atomic E-state index is 0.879. The lowest BCUT2D eigenvalue weighted by Gasteiger charge is -2.26. The van der Waals surface area contributed by atoms with Crippen LogP contribution in [0.25, 0.3) is 53.2 Å². The molecule has 0 N–H and O–H groups in total. The van der Waals surface area contributed by atoms with Crippen molar-refractivity contribution in [3.05, 3.63) is 194 Å². The van der Waals surface area contributed by atoms with Crippen LogP contribution in [-0.2, 0) is 0 Å². The van der Waals surface area contributed by atoms with Crippen molar-refractivity contribution in [2.24, 2.45) is 0 Å². The minimum Gasteiger partial charge on any atom is -0.456 e. The molecule has 0 spiro atoms. The quantitative estimate of drug-likeness (QED) is 0.167. The lowest BCUT2D eigenvalue weighted by Crippen LogP contribution is -2.09. The van der Waals surface area contributed by atoms with Gasteiger partial charge < -0.3 is 14.2 Å². The van der Waals surface area contributed by atoms with Crippen molar-refractivity contribution in [1.29, 1.82) is 0 Å². The maximum Gasteiger partial charge on any atom is 0.137 e. The predicted octanol–water partition coefficient (Wildman–Crippen LogP) is 14.6. The van der Waals surface area contributed by atoms with Gasteiger partial charge in [0.05, 0.1) is 0 Å². The Morgan fingerprint density at radius 3 is 1.38 bits per heavy atom. The fourth-order valence-electron chi connectivity index (χ4n) is 7.36. The predicted molar refractivity (Wildman–Crippen MR) is 221 cm³/mol. The van der Waals surface area contributed by atoms with E-state index in [4.69, 9.17) is 4.42 Å². The number of hydrogen-bond donors (Lipinski definition) is 0. The summed E-state index contributed by atoms with van der Waals surface area (Å²) in [4.78, 5) is 4.62. The van der Waals surface area contributed by atoms with Gasteiger partial charge in [-0.3, -0.25) is 0 Å². The molecule has 0 aliphatic heterocycles. The van der Waals surface area contributed by atoms with Crippen molar-refractivity contribution in [3.8, 4) is 11.1 Å². The van der Waals surface area contributed by atoms with Crippen LogP contribution >= 0.6 is 11.3 Å². The van der Waals surface area contributed by atoms with Crippen LogP contribution in [0.1, 0.15) is 0 Å². The molecule has 0 amide bonds. The van der Waals surface area contributed by atoms with Gasteiger partial charge in [-0.2, -0.15) is 0 Å². The molecule has 8 aromatic carbocycles. The molecule has 0 saturated heterocycles. The molecule has 4 heteroatoms. The van der Waals surface area contributed by atoms with Gasteiger partial charge >= 0.3 is 0 Å². The first-order chi connectivity index (χ1) is 25.8. The van der Waals surface area contributed by atoms with E-state index in [9.17, 15) is 0 Å². The lowest BCUT2D eigenvalue weighted by atomic mass is 10.0. The van der Waals surface area contributed by atoms with E-state index in [0.29, 0.717) is 0 Å². The Balaban J connectivity index is 0.989. The van der Waals surface area contributed by atoms with E-state index < -0.39 is 0 Å². The molecule has 52 heavy (non-hydrogen) atoms. The molecule has 10 aromatic rings. The van der Waals surface area contributed by atoms with Gasteiger partial charge in [-0.1, -0.05) is 103 Å². The van der Waals surface area contributed by atoms with E-state index in [-0.39, 0.29) is 0 Å². The molecule has 0 fully saturated rings. The van der Waals surface area contributed by atoms with Crippen molar-refractivity contribution >= 4 is 87.6 Å². The molecule has 0 aliphatic carbocycles. The average molecular weight is 685 g/mol. The zero-order chi connectivity index (χ0) is 34.4. The smallest absolute Gasteiger partial charge is 0.137 e. The first kappa shape index (κ1) is 30.2. The molecule has 2 aromatic heterocycles. The van der Waals surface area contributed by atoms with Gasteiger partial charge in [0.15, 0.2) is 0 Å². The molecule has 0 unspecified atom stereocenters. The molecular formula is C48H32N2OS. The van der Waals surface area contributed by atoms with E-state index >= 15 is 0 Å². The Hall–Kier alpha value is -6.62. The zero-order valence-corrected chi connectivity index (χ0v) is 29.0. The van der Waals surface area contributed by atoms with Gasteiger partial charge in [0.25, 0.3) is 0 Å². The summed E-state index contributed by atoms with van der Waals surface area (Å²) in [5.74, 6) is 0. The summed E-state index contributed by atoms with van der Waals surface area (Å²) in [6.07, 6.45) is 0. The number of fused-ring (bicyclic) bond motifs is 6. The van der Waals surface area contributed by atoms with Crippen molar-refractivity contribution in [3.63, 3.8) is 0 Å². The summed E-state index contributed by atoms with van der Waals surface area (Å²) in [5, 5.41) is 4.87. The highest BCUT2D eigenvalue weighted by Crippen LogP contribution is 2.42. The second-order valence-corrected chi connectivity index (χ2v) is 14.1. The second-order valence-electron chi connectivity index (χ2n) is 13.0. The Bertz CT molecular complexity index is 2640. The topological polar surface area (TPSA) is 19.6 Å². The molecule has 0 aliphatic rings. The SMILES string of the molecule is c1ccc(N(c2ccc(-c3ccc(N(c4ccccc4)c4ccc5c(c4)sc4ccccc45)cc3)cc2)c2ccc3c(c2)oc2ccccc23)cc1. The molecule has 0 bridgehead atoms. The van der Waals surface area contributed by atoms with E-state index in [2.05, 4.69) is 192 Å². The van der Waals surface area contributed by atoms with Crippen LogP contribution in [0.5, 0.6) is 0 Å². The maximum absolute atomic E-state index is 6.28. The van der Waals surface area contributed by atoms with Crippen molar-refractivity contribution in [2.75, 3.05) is 9.80 Å². The fraction of sp³-hybridized carbons (Fsp3) is 0. The third-order valence-electron chi connectivity index (χ3n) is 9.85.